The normalized spacial score (nSPS) is 10.8. The molecule has 0 spiro atoms. The summed E-state index contributed by atoms with van der Waals surface area (Å²) in [5.74, 6) is -1.06. The van der Waals surface area contributed by atoms with Crippen LogP contribution in [0, 0.1) is 5.82 Å². The van der Waals surface area contributed by atoms with Crippen LogP contribution in [0.25, 0.3) is 0 Å². The van der Waals surface area contributed by atoms with Crippen molar-refractivity contribution in [3.63, 3.8) is 0 Å². The van der Waals surface area contributed by atoms with Crippen molar-refractivity contribution < 1.29 is 13.2 Å². The van der Waals surface area contributed by atoms with E-state index in [1.807, 2.05) is 0 Å². The molecule has 66 valence electrons. The highest BCUT2D eigenvalue weighted by Gasteiger charge is 2.18. The second-order valence-electron chi connectivity index (χ2n) is 1.93. The summed E-state index contributed by atoms with van der Waals surface area (Å²) in [5, 5.41) is -0.163. The lowest BCUT2D eigenvalue weighted by atomic mass is 10.3. The summed E-state index contributed by atoms with van der Waals surface area (Å²) in [7, 11) is 0. The molecule has 0 unspecified atom stereocenters. The van der Waals surface area contributed by atoms with Crippen molar-refractivity contribution in [3.05, 3.63) is 27.2 Å². The highest BCUT2D eigenvalue weighted by molar-refractivity contribution is 9.10. The third-order valence-electron chi connectivity index (χ3n) is 1.15. The molecule has 1 aromatic rings. The number of hydrogen-bond donors (Lipinski definition) is 0. The summed E-state index contributed by atoms with van der Waals surface area (Å²) < 4.78 is 36.6. The number of nitrogens with zero attached hydrogens (tertiary/aromatic N) is 1. The Morgan fingerprint density at radius 3 is 2.50 bits per heavy atom. The average Bonchev–Trinajstić information content (AvgIpc) is 1.82. The molecular weight excluding hydrogens is 258 g/mol. The van der Waals surface area contributed by atoms with E-state index in [9.17, 15) is 13.2 Å². The fourth-order valence-corrected chi connectivity index (χ4v) is 1.50. The Labute approximate surface area is 79.7 Å². The van der Waals surface area contributed by atoms with E-state index in [-0.39, 0.29) is 9.76 Å². The van der Waals surface area contributed by atoms with Crippen molar-refractivity contribution in [2.24, 2.45) is 0 Å². The van der Waals surface area contributed by atoms with Gasteiger partial charge in [-0.1, -0.05) is 11.6 Å². The minimum atomic E-state index is -2.90. The zero-order valence-electron chi connectivity index (χ0n) is 5.49. The van der Waals surface area contributed by atoms with E-state index in [1.54, 1.807) is 0 Å². The Hall–Kier alpha value is -0.290. The first-order chi connectivity index (χ1) is 5.52. The summed E-state index contributed by atoms with van der Waals surface area (Å²) in [6, 6.07) is 0.744. The minimum absolute atomic E-state index is 0.163. The smallest absolute Gasteiger partial charge is 0.228 e. The summed E-state index contributed by atoms with van der Waals surface area (Å²) in [4.78, 5) is 3.42. The topological polar surface area (TPSA) is 12.9 Å². The van der Waals surface area contributed by atoms with Crippen LogP contribution in [0.3, 0.4) is 0 Å². The molecule has 12 heavy (non-hydrogen) atoms. The summed E-state index contributed by atoms with van der Waals surface area (Å²) >= 11 is 7.98. The van der Waals surface area contributed by atoms with Gasteiger partial charge in [-0.2, -0.15) is 0 Å². The maximum Gasteiger partial charge on any atom is 0.269 e. The number of pyridine rings is 1. The van der Waals surface area contributed by atoms with E-state index < -0.39 is 17.8 Å². The van der Waals surface area contributed by atoms with Crippen LogP contribution >= 0.6 is 27.5 Å². The summed E-state index contributed by atoms with van der Waals surface area (Å²) in [6.45, 7) is 0. The third kappa shape index (κ3) is 1.90. The highest BCUT2D eigenvalue weighted by Crippen LogP contribution is 2.29. The van der Waals surface area contributed by atoms with Crippen molar-refractivity contribution in [3.8, 4) is 0 Å². The van der Waals surface area contributed by atoms with Crippen molar-refractivity contribution in [2.75, 3.05) is 0 Å². The quantitative estimate of drug-likeness (QED) is 0.703. The van der Waals surface area contributed by atoms with Gasteiger partial charge in [-0.25, -0.2) is 18.2 Å². The molecule has 0 saturated heterocycles. The third-order valence-corrected chi connectivity index (χ3v) is 1.95. The lowest BCUT2D eigenvalue weighted by Gasteiger charge is -2.03. The highest BCUT2D eigenvalue weighted by atomic mass is 79.9. The molecule has 0 aliphatic rings. The molecule has 6 heteroatoms. The van der Waals surface area contributed by atoms with Gasteiger partial charge in [0.2, 0.25) is 0 Å². The molecule has 0 bridgehead atoms. The van der Waals surface area contributed by atoms with Gasteiger partial charge in [-0.05, 0) is 15.9 Å². The molecular formula is C6H2BrClF3N. The van der Waals surface area contributed by atoms with Crippen LogP contribution in [-0.4, -0.2) is 4.98 Å². The fraction of sp³-hybridized carbons (Fsp3) is 0.167. The monoisotopic (exact) mass is 259 g/mol. The number of hydrogen-bond acceptors (Lipinski definition) is 1. The van der Waals surface area contributed by atoms with Crippen LogP contribution in [0.2, 0.25) is 5.15 Å². The standard InChI is InChI=1S/C6H2BrClF3N/c7-5-4(6(10)11)2(9)1-3(8)12-5/h1,6H. The van der Waals surface area contributed by atoms with Crippen molar-refractivity contribution in [1.29, 1.82) is 0 Å². The van der Waals surface area contributed by atoms with Gasteiger partial charge in [0.1, 0.15) is 15.6 Å². The van der Waals surface area contributed by atoms with Crippen molar-refractivity contribution in [1.82, 2.24) is 4.98 Å². The number of rotatable bonds is 1. The van der Waals surface area contributed by atoms with Crippen LogP contribution in [0.1, 0.15) is 12.0 Å². The molecule has 1 heterocycles. The SMILES string of the molecule is Fc1cc(Cl)nc(Br)c1C(F)F. The molecule has 1 nitrogen and oxygen atoms in total. The molecule has 1 rings (SSSR count). The van der Waals surface area contributed by atoms with E-state index >= 15 is 0 Å². The first-order valence-corrected chi connectivity index (χ1v) is 3.99. The van der Waals surface area contributed by atoms with Crippen LogP contribution in [0.4, 0.5) is 13.2 Å². The Balaban J connectivity index is 3.28. The average molecular weight is 260 g/mol. The van der Waals surface area contributed by atoms with E-state index in [4.69, 9.17) is 11.6 Å². The number of aromatic nitrogens is 1. The predicted octanol–water partition coefficient (Wildman–Crippen LogP) is 3.57. The Morgan fingerprint density at radius 1 is 1.50 bits per heavy atom. The second-order valence-corrected chi connectivity index (χ2v) is 3.07. The maximum atomic E-state index is 12.7. The van der Waals surface area contributed by atoms with Crippen LogP contribution in [-0.2, 0) is 0 Å². The van der Waals surface area contributed by atoms with Crippen LogP contribution < -0.4 is 0 Å². The molecule has 0 aliphatic heterocycles. The van der Waals surface area contributed by atoms with Crippen molar-refractivity contribution in [2.45, 2.75) is 6.43 Å². The Bertz CT molecular complexity index is 282. The summed E-state index contributed by atoms with van der Waals surface area (Å²) in [5.41, 5.74) is -0.764. The van der Waals surface area contributed by atoms with Gasteiger partial charge in [0, 0.05) is 6.07 Å². The van der Waals surface area contributed by atoms with Crippen molar-refractivity contribution >= 4 is 27.5 Å². The number of alkyl halides is 2. The van der Waals surface area contributed by atoms with E-state index in [0.717, 1.165) is 6.07 Å². The molecule has 0 radical (unpaired) electrons. The van der Waals surface area contributed by atoms with Crippen LogP contribution in [0.15, 0.2) is 10.7 Å². The molecule has 1 aromatic heterocycles. The molecule has 0 N–H and O–H groups in total. The first kappa shape index (κ1) is 9.80. The first-order valence-electron chi connectivity index (χ1n) is 2.82. The van der Waals surface area contributed by atoms with Crippen LogP contribution in [0.5, 0.6) is 0 Å². The van der Waals surface area contributed by atoms with Gasteiger partial charge in [-0.15, -0.1) is 0 Å². The molecule has 0 saturated carbocycles. The molecule has 0 atom stereocenters. The van der Waals surface area contributed by atoms with Gasteiger partial charge in [-0.3, -0.25) is 0 Å². The molecule has 0 aromatic carbocycles. The zero-order valence-corrected chi connectivity index (χ0v) is 7.83. The van der Waals surface area contributed by atoms with Gasteiger partial charge >= 0.3 is 0 Å². The Kier molecular flexibility index (Phi) is 2.95. The molecule has 0 amide bonds. The van der Waals surface area contributed by atoms with Gasteiger partial charge < -0.3 is 0 Å². The maximum absolute atomic E-state index is 12.7. The molecule has 0 aliphatic carbocycles. The van der Waals surface area contributed by atoms with Gasteiger partial charge in [0.15, 0.2) is 0 Å². The Morgan fingerprint density at radius 2 is 2.08 bits per heavy atom. The largest absolute Gasteiger partial charge is 0.269 e. The fourth-order valence-electron chi connectivity index (χ4n) is 0.661. The van der Waals surface area contributed by atoms with Gasteiger partial charge in [0.05, 0.1) is 5.56 Å². The van der Waals surface area contributed by atoms with Gasteiger partial charge in [0.25, 0.3) is 6.43 Å². The predicted molar refractivity (Wildman–Crippen MR) is 41.9 cm³/mol. The minimum Gasteiger partial charge on any atom is -0.228 e. The van der Waals surface area contributed by atoms with E-state index in [0.29, 0.717) is 0 Å². The van der Waals surface area contributed by atoms with E-state index in [2.05, 4.69) is 20.9 Å². The lowest BCUT2D eigenvalue weighted by molar-refractivity contribution is 0.145. The molecule has 0 fully saturated rings. The summed E-state index contributed by atoms with van der Waals surface area (Å²) in [6.07, 6.45) is -2.90. The lowest BCUT2D eigenvalue weighted by Crippen LogP contribution is -1.95. The zero-order chi connectivity index (χ0) is 9.30. The second kappa shape index (κ2) is 3.62. The van der Waals surface area contributed by atoms with E-state index in [1.165, 1.54) is 0 Å². The number of halogens is 5.